The average molecular weight is 295 g/mol. The fourth-order valence-electron chi connectivity index (χ4n) is 3.00. The average Bonchev–Trinajstić information content (AvgIpc) is 2.53. The molecule has 0 spiro atoms. The van der Waals surface area contributed by atoms with E-state index in [1.165, 1.54) is 6.07 Å². The van der Waals surface area contributed by atoms with Crippen LogP contribution in [0.2, 0.25) is 0 Å². The molecule has 3 aromatic rings. The van der Waals surface area contributed by atoms with Crippen LogP contribution in [0.25, 0.3) is 22.2 Å². The van der Waals surface area contributed by atoms with Gasteiger partial charge in [0.15, 0.2) is 0 Å². The Morgan fingerprint density at radius 1 is 1.09 bits per heavy atom. The summed E-state index contributed by atoms with van der Waals surface area (Å²) in [5.74, 6) is -0.237. The Morgan fingerprint density at radius 3 is 2.91 bits per heavy atom. The highest BCUT2D eigenvalue weighted by molar-refractivity contribution is 5.92. The van der Waals surface area contributed by atoms with E-state index in [0.29, 0.717) is 11.2 Å². The summed E-state index contributed by atoms with van der Waals surface area (Å²) in [6, 6.07) is 8.43. The Kier molecular flexibility index (Phi) is 3.01. The first-order valence-corrected chi connectivity index (χ1v) is 7.23. The molecule has 0 atom stereocenters. The van der Waals surface area contributed by atoms with Gasteiger partial charge < -0.3 is 10.3 Å². The zero-order chi connectivity index (χ0) is 15.1. The van der Waals surface area contributed by atoms with E-state index in [9.17, 15) is 9.18 Å². The highest BCUT2D eigenvalue weighted by Crippen LogP contribution is 2.31. The molecule has 1 aromatic carbocycles. The molecule has 0 radical (unpaired) electrons. The van der Waals surface area contributed by atoms with Gasteiger partial charge >= 0.3 is 0 Å². The topological polar surface area (TPSA) is 57.8 Å². The van der Waals surface area contributed by atoms with Crippen LogP contribution < -0.4 is 10.9 Å². The number of nitrogens with zero attached hydrogens (tertiary/aromatic N) is 1. The second-order valence-electron chi connectivity index (χ2n) is 5.47. The number of halogens is 1. The summed E-state index contributed by atoms with van der Waals surface area (Å²) in [6.45, 7) is 1.63. The summed E-state index contributed by atoms with van der Waals surface area (Å²) in [4.78, 5) is 18.2. The van der Waals surface area contributed by atoms with Gasteiger partial charge in [-0.25, -0.2) is 9.37 Å². The first kappa shape index (κ1) is 13.2. The zero-order valence-corrected chi connectivity index (χ0v) is 11.8. The van der Waals surface area contributed by atoms with Gasteiger partial charge in [0.25, 0.3) is 0 Å². The van der Waals surface area contributed by atoms with Gasteiger partial charge in [0.05, 0.1) is 0 Å². The van der Waals surface area contributed by atoms with E-state index in [2.05, 4.69) is 15.3 Å². The number of hydrogen-bond donors (Lipinski definition) is 2. The lowest BCUT2D eigenvalue weighted by Crippen LogP contribution is -2.23. The van der Waals surface area contributed by atoms with Crippen molar-refractivity contribution in [1.82, 2.24) is 15.3 Å². The van der Waals surface area contributed by atoms with Gasteiger partial charge in [-0.05, 0) is 53.9 Å². The number of aromatic amines is 1. The van der Waals surface area contributed by atoms with E-state index in [1.807, 2.05) is 6.07 Å². The SMILES string of the molecule is O=c1ccc2c(-c3cc4c(cc3F)CCNC4)ccnc2[nH]1. The van der Waals surface area contributed by atoms with Crippen LogP contribution in [0.4, 0.5) is 4.39 Å². The third-order valence-electron chi connectivity index (χ3n) is 4.10. The number of fused-ring (bicyclic) bond motifs is 2. The van der Waals surface area contributed by atoms with Crippen molar-refractivity contribution in [3.05, 3.63) is 63.8 Å². The molecule has 110 valence electrons. The summed E-state index contributed by atoms with van der Waals surface area (Å²) in [5, 5.41) is 4.04. The Labute approximate surface area is 126 Å². The monoisotopic (exact) mass is 295 g/mol. The van der Waals surface area contributed by atoms with Crippen molar-refractivity contribution in [3.8, 4) is 11.1 Å². The summed E-state index contributed by atoms with van der Waals surface area (Å²) in [6.07, 6.45) is 2.43. The molecule has 3 heterocycles. The van der Waals surface area contributed by atoms with Crippen LogP contribution >= 0.6 is 0 Å². The smallest absolute Gasteiger partial charge is 0.249 e. The molecule has 4 nitrogen and oxygen atoms in total. The van der Waals surface area contributed by atoms with E-state index in [0.717, 1.165) is 41.6 Å². The normalized spacial score (nSPS) is 14.0. The number of H-pyrrole nitrogens is 1. The Bertz CT molecular complexity index is 933. The van der Waals surface area contributed by atoms with Gasteiger partial charge in [-0.15, -0.1) is 0 Å². The third kappa shape index (κ3) is 2.10. The zero-order valence-electron chi connectivity index (χ0n) is 11.8. The van der Waals surface area contributed by atoms with Crippen LogP contribution in [0.1, 0.15) is 11.1 Å². The van der Waals surface area contributed by atoms with E-state index in [1.54, 1.807) is 24.4 Å². The largest absolute Gasteiger partial charge is 0.312 e. The minimum Gasteiger partial charge on any atom is -0.312 e. The second kappa shape index (κ2) is 5.03. The lowest BCUT2D eigenvalue weighted by molar-refractivity contribution is 0.609. The Hall–Kier alpha value is -2.53. The van der Waals surface area contributed by atoms with Crippen molar-refractivity contribution in [2.75, 3.05) is 6.54 Å². The van der Waals surface area contributed by atoms with Crippen LogP contribution in [0, 0.1) is 5.82 Å². The molecule has 0 aliphatic carbocycles. The van der Waals surface area contributed by atoms with E-state index < -0.39 is 0 Å². The summed E-state index contributed by atoms with van der Waals surface area (Å²) < 4.78 is 14.6. The molecule has 0 fully saturated rings. The minimum absolute atomic E-state index is 0.215. The number of rotatable bonds is 1. The van der Waals surface area contributed by atoms with Gasteiger partial charge in [0.1, 0.15) is 11.5 Å². The molecule has 1 aliphatic heterocycles. The van der Waals surface area contributed by atoms with Crippen LogP contribution in [0.15, 0.2) is 41.3 Å². The lowest BCUT2D eigenvalue weighted by atomic mass is 9.94. The molecule has 2 N–H and O–H groups in total. The van der Waals surface area contributed by atoms with E-state index in [-0.39, 0.29) is 11.4 Å². The molecule has 2 aromatic heterocycles. The number of hydrogen-bond acceptors (Lipinski definition) is 3. The highest BCUT2D eigenvalue weighted by Gasteiger charge is 2.16. The fourth-order valence-corrected chi connectivity index (χ4v) is 3.00. The molecule has 0 saturated carbocycles. The predicted molar refractivity (Wildman–Crippen MR) is 83.2 cm³/mol. The van der Waals surface area contributed by atoms with Gasteiger partial charge in [-0.2, -0.15) is 0 Å². The highest BCUT2D eigenvalue weighted by atomic mass is 19.1. The van der Waals surface area contributed by atoms with Crippen molar-refractivity contribution in [3.63, 3.8) is 0 Å². The molecule has 0 bridgehead atoms. The molecule has 1 aliphatic rings. The van der Waals surface area contributed by atoms with Gasteiger partial charge in [-0.3, -0.25) is 4.79 Å². The van der Waals surface area contributed by atoms with Crippen molar-refractivity contribution >= 4 is 11.0 Å². The fraction of sp³-hybridized carbons (Fsp3) is 0.176. The number of benzene rings is 1. The van der Waals surface area contributed by atoms with E-state index in [4.69, 9.17) is 0 Å². The maximum absolute atomic E-state index is 14.6. The summed E-state index contributed by atoms with van der Waals surface area (Å²) >= 11 is 0. The van der Waals surface area contributed by atoms with Crippen molar-refractivity contribution < 1.29 is 4.39 Å². The van der Waals surface area contributed by atoms with Crippen molar-refractivity contribution in [1.29, 1.82) is 0 Å². The van der Waals surface area contributed by atoms with Crippen LogP contribution in [-0.2, 0) is 13.0 Å². The van der Waals surface area contributed by atoms with Crippen LogP contribution in [0.5, 0.6) is 0 Å². The van der Waals surface area contributed by atoms with Gasteiger partial charge in [0, 0.05) is 29.8 Å². The lowest BCUT2D eigenvalue weighted by Gasteiger charge is -2.19. The standard InChI is InChI=1S/C17H14FN3O/c18-15-8-10-3-5-19-9-11(10)7-14(15)12-4-6-20-17-13(12)1-2-16(22)21-17/h1-2,4,6-8,19H,3,5,9H2,(H,20,21,22). The van der Waals surface area contributed by atoms with Crippen molar-refractivity contribution in [2.24, 2.45) is 0 Å². The first-order valence-electron chi connectivity index (χ1n) is 7.23. The van der Waals surface area contributed by atoms with Crippen LogP contribution in [0.3, 0.4) is 0 Å². The molecule has 0 unspecified atom stereocenters. The third-order valence-corrected chi connectivity index (χ3v) is 4.10. The number of aromatic nitrogens is 2. The van der Waals surface area contributed by atoms with Crippen molar-refractivity contribution in [2.45, 2.75) is 13.0 Å². The molecule has 4 rings (SSSR count). The predicted octanol–water partition coefficient (Wildman–Crippen LogP) is 2.37. The molecule has 5 heteroatoms. The Morgan fingerprint density at radius 2 is 2.00 bits per heavy atom. The quantitative estimate of drug-likeness (QED) is 0.724. The van der Waals surface area contributed by atoms with Gasteiger partial charge in [-0.1, -0.05) is 0 Å². The molecular weight excluding hydrogens is 281 g/mol. The molecule has 22 heavy (non-hydrogen) atoms. The molecular formula is C17H14FN3O. The van der Waals surface area contributed by atoms with Gasteiger partial charge in [0.2, 0.25) is 5.56 Å². The second-order valence-corrected chi connectivity index (χ2v) is 5.47. The van der Waals surface area contributed by atoms with E-state index >= 15 is 0 Å². The molecule has 0 amide bonds. The number of nitrogens with one attached hydrogen (secondary N) is 2. The summed E-state index contributed by atoms with van der Waals surface area (Å²) in [7, 11) is 0. The van der Waals surface area contributed by atoms with Crippen LogP contribution in [-0.4, -0.2) is 16.5 Å². The molecule has 0 saturated heterocycles. The maximum Gasteiger partial charge on any atom is 0.249 e. The first-order chi connectivity index (χ1) is 10.7. The summed E-state index contributed by atoms with van der Waals surface area (Å²) in [5.41, 5.74) is 3.73. The minimum atomic E-state index is -0.237. The Balaban J connectivity index is 1.97. The maximum atomic E-state index is 14.6. The number of pyridine rings is 2.